The minimum absolute atomic E-state index is 0. The maximum atomic E-state index is 12.5. The first kappa shape index (κ1) is 17.4. The summed E-state index contributed by atoms with van der Waals surface area (Å²) in [7, 11) is 0. The normalized spacial score (nSPS) is 27.1. The number of benzene rings is 1. The highest BCUT2D eigenvalue weighted by molar-refractivity contribution is 6.30. The number of piperidine rings is 1. The number of halogens is 2. The molecule has 2 aliphatic heterocycles. The maximum Gasteiger partial charge on any atom is 0.227 e. The predicted octanol–water partition coefficient (Wildman–Crippen LogP) is 2.57. The molecule has 1 saturated heterocycles. The summed E-state index contributed by atoms with van der Waals surface area (Å²) in [5.41, 5.74) is 1.02. The summed E-state index contributed by atoms with van der Waals surface area (Å²) in [4.78, 5) is 12.5. The molecule has 1 amide bonds. The predicted molar refractivity (Wildman–Crippen MR) is 90.0 cm³/mol. The Morgan fingerprint density at radius 2 is 2.27 bits per heavy atom. The van der Waals surface area contributed by atoms with Crippen molar-refractivity contribution in [2.75, 3.05) is 13.2 Å². The van der Waals surface area contributed by atoms with Crippen molar-refractivity contribution in [3.05, 3.63) is 28.8 Å². The Hall–Kier alpha value is -0.970. The molecule has 1 fully saturated rings. The molecule has 0 aromatic heterocycles. The van der Waals surface area contributed by atoms with Crippen LogP contribution in [0.5, 0.6) is 5.75 Å². The third-order valence-electron chi connectivity index (χ3n) is 4.39. The minimum Gasteiger partial charge on any atom is -0.492 e. The van der Waals surface area contributed by atoms with Gasteiger partial charge in [0.15, 0.2) is 0 Å². The maximum absolute atomic E-state index is 12.5. The average Bonchev–Trinajstić information content (AvgIpc) is 2.48. The lowest BCUT2D eigenvalue weighted by Gasteiger charge is -2.33. The van der Waals surface area contributed by atoms with E-state index in [0.29, 0.717) is 24.1 Å². The van der Waals surface area contributed by atoms with Gasteiger partial charge in [0.1, 0.15) is 12.4 Å². The fraction of sp³-hybridized carbons (Fsp3) is 0.562. The number of ether oxygens (including phenoxy) is 1. The van der Waals surface area contributed by atoms with Gasteiger partial charge in [-0.3, -0.25) is 4.79 Å². The van der Waals surface area contributed by atoms with E-state index in [0.717, 1.165) is 30.7 Å². The number of hydrogen-bond acceptors (Lipinski definition) is 3. The van der Waals surface area contributed by atoms with E-state index in [1.165, 1.54) is 0 Å². The van der Waals surface area contributed by atoms with Gasteiger partial charge < -0.3 is 15.4 Å². The van der Waals surface area contributed by atoms with Gasteiger partial charge >= 0.3 is 0 Å². The molecular weight excluding hydrogens is 323 g/mol. The Bertz CT molecular complexity index is 539. The highest BCUT2D eigenvalue weighted by Crippen LogP contribution is 2.30. The number of fused-ring (bicyclic) bond motifs is 1. The zero-order valence-corrected chi connectivity index (χ0v) is 14.2. The van der Waals surface area contributed by atoms with E-state index < -0.39 is 0 Å². The topological polar surface area (TPSA) is 50.4 Å². The zero-order valence-electron chi connectivity index (χ0n) is 12.6. The number of hydrogen-bond donors (Lipinski definition) is 2. The van der Waals surface area contributed by atoms with Crippen LogP contribution < -0.4 is 15.4 Å². The van der Waals surface area contributed by atoms with Gasteiger partial charge in [-0.15, -0.1) is 12.4 Å². The molecule has 122 valence electrons. The van der Waals surface area contributed by atoms with E-state index in [1.807, 2.05) is 18.2 Å². The fourth-order valence-corrected chi connectivity index (χ4v) is 3.27. The van der Waals surface area contributed by atoms with E-state index >= 15 is 0 Å². The molecule has 0 aliphatic carbocycles. The van der Waals surface area contributed by atoms with E-state index in [-0.39, 0.29) is 30.3 Å². The van der Waals surface area contributed by atoms with Crippen LogP contribution in [0.2, 0.25) is 5.02 Å². The van der Waals surface area contributed by atoms with Crippen LogP contribution in [0.1, 0.15) is 25.3 Å². The molecule has 6 heteroatoms. The molecule has 0 spiro atoms. The van der Waals surface area contributed by atoms with Gasteiger partial charge in [-0.05, 0) is 56.5 Å². The SMILES string of the molecule is CC1NCCCC1NC(=O)C1COc2ccc(Cl)cc2C1.Cl. The van der Waals surface area contributed by atoms with E-state index in [1.54, 1.807) is 0 Å². The van der Waals surface area contributed by atoms with Crippen LogP contribution in [0.15, 0.2) is 18.2 Å². The van der Waals surface area contributed by atoms with Crippen LogP contribution in [-0.2, 0) is 11.2 Å². The number of carbonyl (C=O) groups is 1. The van der Waals surface area contributed by atoms with Crippen LogP contribution >= 0.6 is 24.0 Å². The van der Waals surface area contributed by atoms with Crippen LogP contribution in [0.25, 0.3) is 0 Å². The Morgan fingerprint density at radius 1 is 1.45 bits per heavy atom. The zero-order chi connectivity index (χ0) is 14.8. The highest BCUT2D eigenvalue weighted by Gasteiger charge is 2.29. The Morgan fingerprint density at radius 3 is 3.05 bits per heavy atom. The first-order valence-electron chi connectivity index (χ1n) is 7.58. The van der Waals surface area contributed by atoms with Crippen molar-refractivity contribution < 1.29 is 9.53 Å². The van der Waals surface area contributed by atoms with E-state index in [2.05, 4.69) is 17.6 Å². The molecule has 3 rings (SSSR count). The van der Waals surface area contributed by atoms with Crippen LogP contribution in [-0.4, -0.2) is 31.1 Å². The number of rotatable bonds is 2. The molecule has 0 saturated carbocycles. The molecule has 4 nitrogen and oxygen atoms in total. The van der Waals surface area contributed by atoms with Gasteiger partial charge in [-0.2, -0.15) is 0 Å². The van der Waals surface area contributed by atoms with Crippen LogP contribution in [0.4, 0.5) is 0 Å². The molecule has 1 aromatic carbocycles. The molecule has 2 heterocycles. The van der Waals surface area contributed by atoms with Crippen molar-refractivity contribution >= 4 is 29.9 Å². The summed E-state index contributed by atoms with van der Waals surface area (Å²) >= 11 is 6.01. The summed E-state index contributed by atoms with van der Waals surface area (Å²) in [6.07, 6.45) is 2.83. The Balaban J connectivity index is 0.00000176. The standard InChI is InChI=1S/C16H21ClN2O2.ClH/c1-10-14(3-2-6-18-10)19-16(20)12-7-11-8-13(17)4-5-15(11)21-9-12;/h4-5,8,10,12,14,18H,2-3,6-7,9H2,1H3,(H,19,20);1H. The molecule has 0 bridgehead atoms. The van der Waals surface area contributed by atoms with Gasteiger partial charge in [-0.1, -0.05) is 11.6 Å². The van der Waals surface area contributed by atoms with Crippen LogP contribution in [0.3, 0.4) is 0 Å². The minimum atomic E-state index is -0.134. The van der Waals surface area contributed by atoms with Gasteiger partial charge in [0, 0.05) is 17.1 Å². The van der Waals surface area contributed by atoms with Crippen molar-refractivity contribution in [1.82, 2.24) is 10.6 Å². The molecule has 0 radical (unpaired) electrons. The van der Waals surface area contributed by atoms with Crippen molar-refractivity contribution in [2.45, 2.75) is 38.3 Å². The van der Waals surface area contributed by atoms with E-state index in [4.69, 9.17) is 16.3 Å². The van der Waals surface area contributed by atoms with Crippen molar-refractivity contribution in [3.63, 3.8) is 0 Å². The first-order valence-corrected chi connectivity index (χ1v) is 7.96. The quantitative estimate of drug-likeness (QED) is 0.866. The average molecular weight is 345 g/mol. The Labute approximate surface area is 142 Å². The molecule has 3 unspecified atom stereocenters. The fourth-order valence-electron chi connectivity index (χ4n) is 3.07. The second-order valence-corrected chi connectivity index (χ2v) is 6.40. The summed E-state index contributed by atoms with van der Waals surface area (Å²) in [5, 5.41) is 7.25. The van der Waals surface area contributed by atoms with Gasteiger partial charge in [0.05, 0.1) is 5.92 Å². The molecule has 3 atom stereocenters. The highest BCUT2D eigenvalue weighted by atomic mass is 35.5. The molecular formula is C16H22Cl2N2O2. The van der Waals surface area contributed by atoms with Crippen molar-refractivity contribution in [1.29, 1.82) is 0 Å². The number of carbonyl (C=O) groups excluding carboxylic acids is 1. The third kappa shape index (κ3) is 3.86. The van der Waals surface area contributed by atoms with Gasteiger partial charge in [-0.25, -0.2) is 0 Å². The monoisotopic (exact) mass is 344 g/mol. The summed E-state index contributed by atoms with van der Waals surface area (Å²) in [6, 6.07) is 6.12. The number of nitrogens with one attached hydrogen (secondary N) is 2. The second kappa shape index (κ2) is 7.53. The van der Waals surface area contributed by atoms with Crippen LogP contribution in [0, 0.1) is 5.92 Å². The lowest BCUT2D eigenvalue weighted by molar-refractivity contribution is -0.127. The largest absolute Gasteiger partial charge is 0.492 e. The van der Waals surface area contributed by atoms with Gasteiger partial charge in [0.2, 0.25) is 5.91 Å². The summed E-state index contributed by atoms with van der Waals surface area (Å²) < 4.78 is 5.69. The molecule has 1 aromatic rings. The molecule has 2 N–H and O–H groups in total. The Kier molecular flexibility index (Phi) is 5.95. The van der Waals surface area contributed by atoms with Crippen molar-refractivity contribution in [2.24, 2.45) is 5.92 Å². The summed E-state index contributed by atoms with van der Waals surface area (Å²) in [5.74, 6) is 0.794. The smallest absolute Gasteiger partial charge is 0.227 e. The van der Waals surface area contributed by atoms with E-state index in [9.17, 15) is 4.79 Å². The lowest BCUT2D eigenvalue weighted by Crippen LogP contribution is -2.54. The second-order valence-electron chi connectivity index (χ2n) is 5.96. The number of amides is 1. The van der Waals surface area contributed by atoms with Crippen molar-refractivity contribution in [3.8, 4) is 5.75 Å². The van der Waals surface area contributed by atoms with Gasteiger partial charge in [0.25, 0.3) is 0 Å². The lowest BCUT2D eigenvalue weighted by atomic mass is 9.94. The molecule has 2 aliphatic rings. The molecule has 22 heavy (non-hydrogen) atoms. The summed E-state index contributed by atoms with van der Waals surface area (Å²) in [6.45, 7) is 3.59. The third-order valence-corrected chi connectivity index (χ3v) is 4.62. The first-order chi connectivity index (χ1) is 10.1.